The minimum absolute atomic E-state index is 0.382. The third-order valence-corrected chi connectivity index (χ3v) is 2.36. The summed E-state index contributed by atoms with van der Waals surface area (Å²) >= 11 is 0. The normalized spacial score (nSPS) is 41.3. The summed E-state index contributed by atoms with van der Waals surface area (Å²) in [5, 5.41) is 30.2. The fourth-order valence-electron chi connectivity index (χ4n) is 1.55. The molecule has 1 rings (SSSR count). The van der Waals surface area contributed by atoms with Gasteiger partial charge in [-0.15, -0.1) is 0 Å². The number of rotatable bonds is 2. The first kappa shape index (κ1) is 12.3. The van der Waals surface area contributed by atoms with E-state index in [1.807, 2.05) is 0 Å². The van der Waals surface area contributed by atoms with E-state index in [-0.39, 0.29) is 5.91 Å². The van der Waals surface area contributed by atoms with E-state index in [1.54, 1.807) is 0 Å². The molecule has 0 saturated carbocycles. The van der Waals surface area contributed by atoms with Crippen molar-refractivity contribution < 1.29 is 24.9 Å². The summed E-state index contributed by atoms with van der Waals surface area (Å²) in [6.07, 6.45) is -3.39. The number of aliphatic hydroxyl groups excluding tert-OH is 3. The van der Waals surface area contributed by atoms with Crippen LogP contribution >= 0.6 is 0 Å². The molecule has 1 aliphatic rings. The van der Waals surface area contributed by atoms with Crippen LogP contribution in [0.15, 0.2) is 0 Å². The Hall–Kier alpha value is -0.730. The molecule has 0 bridgehead atoms. The molecule has 1 saturated heterocycles. The predicted octanol–water partition coefficient (Wildman–Crippen LogP) is -3.11. The van der Waals surface area contributed by atoms with Crippen LogP contribution in [0.25, 0.3) is 0 Å². The fourth-order valence-corrected chi connectivity index (χ4v) is 1.55. The van der Waals surface area contributed by atoms with Gasteiger partial charge in [-0.1, -0.05) is 0 Å². The van der Waals surface area contributed by atoms with E-state index in [2.05, 4.69) is 5.32 Å². The highest BCUT2D eigenvalue weighted by Gasteiger charge is 2.42. The van der Waals surface area contributed by atoms with Gasteiger partial charge in [-0.05, 0) is 0 Å². The van der Waals surface area contributed by atoms with Crippen molar-refractivity contribution in [2.24, 2.45) is 5.73 Å². The van der Waals surface area contributed by atoms with E-state index in [0.29, 0.717) is 0 Å². The SMILES string of the molecule is CC(=O)N[C@H]1[C@@H](N)[C@H](O)[C@@H](CO)O[C@@H]1O. The Balaban J connectivity index is 2.70. The van der Waals surface area contributed by atoms with Crippen molar-refractivity contribution in [3.63, 3.8) is 0 Å². The Kier molecular flexibility index (Phi) is 4.00. The summed E-state index contributed by atoms with van der Waals surface area (Å²) in [6.45, 7) is 0.822. The summed E-state index contributed by atoms with van der Waals surface area (Å²) < 4.78 is 4.89. The highest BCUT2D eigenvalue weighted by atomic mass is 16.6. The number of aliphatic hydroxyl groups is 3. The van der Waals surface area contributed by atoms with Crippen LogP contribution in [-0.2, 0) is 9.53 Å². The predicted molar refractivity (Wildman–Crippen MR) is 49.6 cm³/mol. The molecule has 0 spiro atoms. The van der Waals surface area contributed by atoms with Gasteiger partial charge in [0.25, 0.3) is 0 Å². The second-order valence-corrected chi connectivity index (χ2v) is 3.54. The third kappa shape index (κ3) is 2.64. The zero-order valence-electron chi connectivity index (χ0n) is 8.33. The highest BCUT2D eigenvalue weighted by molar-refractivity contribution is 5.73. The van der Waals surface area contributed by atoms with E-state index in [0.717, 1.165) is 0 Å². The number of nitrogens with two attached hydrogens (primary N) is 1. The molecule has 0 aromatic heterocycles. The van der Waals surface area contributed by atoms with Gasteiger partial charge < -0.3 is 31.1 Å². The number of nitrogens with one attached hydrogen (secondary N) is 1. The van der Waals surface area contributed by atoms with Crippen LogP contribution in [0.2, 0.25) is 0 Å². The first-order valence-corrected chi connectivity index (χ1v) is 4.62. The van der Waals surface area contributed by atoms with Crippen molar-refractivity contribution in [2.45, 2.75) is 37.5 Å². The molecule has 1 heterocycles. The molecule has 1 amide bonds. The van der Waals surface area contributed by atoms with Crippen molar-refractivity contribution in [2.75, 3.05) is 6.61 Å². The van der Waals surface area contributed by atoms with Crippen LogP contribution in [0.5, 0.6) is 0 Å². The van der Waals surface area contributed by atoms with Crippen molar-refractivity contribution >= 4 is 5.91 Å². The fraction of sp³-hybridized carbons (Fsp3) is 0.875. The van der Waals surface area contributed by atoms with E-state index >= 15 is 0 Å². The highest BCUT2D eigenvalue weighted by Crippen LogP contribution is 2.18. The number of carbonyl (C=O) groups excluding carboxylic acids is 1. The van der Waals surface area contributed by atoms with Gasteiger partial charge in [-0.2, -0.15) is 0 Å². The summed E-state index contributed by atoms with van der Waals surface area (Å²) in [5.41, 5.74) is 5.61. The molecule has 1 aliphatic heterocycles. The third-order valence-electron chi connectivity index (χ3n) is 2.36. The second-order valence-electron chi connectivity index (χ2n) is 3.54. The lowest BCUT2D eigenvalue weighted by molar-refractivity contribution is -0.227. The Labute approximate surface area is 86.8 Å². The Morgan fingerprint density at radius 2 is 2.13 bits per heavy atom. The molecule has 5 atom stereocenters. The summed E-state index contributed by atoms with van der Waals surface area (Å²) in [6, 6.07) is -1.75. The molecule has 88 valence electrons. The lowest BCUT2D eigenvalue weighted by Gasteiger charge is -2.40. The van der Waals surface area contributed by atoms with Crippen LogP contribution in [0, 0.1) is 0 Å². The van der Waals surface area contributed by atoms with Crippen LogP contribution in [0.4, 0.5) is 0 Å². The largest absolute Gasteiger partial charge is 0.394 e. The van der Waals surface area contributed by atoms with Gasteiger partial charge >= 0.3 is 0 Å². The molecule has 0 aromatic carbocycles. The number of ether oxygens (including phenoxy) is 1. The van der Waals surface area contributed by atoms with E-state index in [9.17, 15) is 15.0 Å². The lowest BCUT2D eigenvalue weighted by Crippen LogP contribution is -2.67. The average molecular weight is 220 g/mol. The summed E-state index contributed by atoms with van der Waals surface area (Å²) in [7, 11) is 0. The van der Waals surface area contributed by atoms with E-state index in [4.69, 9.17) is 15.6 Å². The van der Waals surface area contributed by atoms with Gasteiger partial charge in [0, 0.05) is 6.92 Å². The molecular weight excluding hydrogens is 204 g/mol. The second kappa shape index (κ2) is 4.86. The molecule has 0 unspecified atom stereocenters. The Morgan fingerprint density at radius 1 is 1.53 bits per heavy atom. The molecule has 7 nitrogen and oxygen atoms in total. The Bertz CT molecular complexity index is 237. The molecule has 0 aromatic rings. The van der Waals surface area contributed by atoms with Gasteiger partial charge in [0.15, 0.2) is 6.29 Å². The van der Waals surface area contributed by atoms with Crippen molar-refractivity contribution in [1.29, 1.82) is 0 Å². The van der Waals surface area contributed by atoms with Crippen molar-refractivity contribution in [3.8, 4) is 0 Å². The first-order chi connectivity index (χ1) is 6.97. The number of hydrogen-bond acceptors (Lipinski definition) is 6. The van der Waals surface area contributed by atoms with Crippen LogP contribution in [0.1, 0.15) is 6.92 Å². The maximum absolute atomic E-state index is 10.8. The minimum atomic E-state index is -1.33. The van der Waals surface area contributed by atoms with Crippen LogP contribution in [-0.4, -0.2) is 58.4 Å². The van der Waals surface area contributed by atoms with Gasteiger partial charge in [0.05, 0.1) is 24.8 Å². The Morgan fingerprint density at radius 3 is 2.60 bits per heavy atom. The number of amides is 1. The lowest BCUT2D eigenvalue weighted by atomic mass is 9.95. The zero-order chi connectivity index (χ0) is 11.6. The summed E-state index contributed by atoms with van der Waals surface area (Å²) in [5.74, 6) is -0.382. The smallest absolute Gasteiger partial charge is 0.217 e. The number of hydrogen-bond donors (Lipinski definition) is 5. The first-order valence-electron chi connectivity index (χ1n) is 4.62. The van der Waals surface area contributed by atoms with Gasteiger partial charge in [0.2, 0.25) is 5.91 Å². The zero-order valence-corrected chi connectivity index (χ0v) is 8.33. The quantitative estimate of drug-likeness (QED) is 0.335. The standard InChI is InChI=1S/C8H16N2O5/c1-3(12)10-6-5(9)7(13)4(2-11)15-8(6)14/h4-8,11,13-14H,2,9H2,1H3,(H,10,12)/t4-,5-,6+,7-,8+/m1/s1. The van der Waals surface area contributed by atoms with Crippen molar-refractivity contribution in [3.05, 3.63) is 0 Å². The number of carbonyl (C=O) groups is 1. The maximum Gasteiger partial charge on any atom is 0.217 e. The van der Waals surface area contributed by atoms with E-state index < -0.39 is 37.2 Å². The molecule has 0 aliphatic carbocycles. The van der Waals surface area contributed by atoms with Crippen molar-refractivity contribution in [1.82, 2.24) is 5.32 Å². The monoisotopic (exact) mass is 220 g/mol. The molecule has 7 heteroatoms. The average Bonchev–Trinajstić information content (AvgIpc) is 2.18. The van der Waals surface area contributed by atoms with Gasteiger partial charge in [-0.25, -0.2) is 0 Å². The van der Waals surface area contributed by atoms with Crippen LogP contribution < -0.4 is 11.1 Å². The molecule has 6 N–H and O–H groups in total. The molecule has 1 fully saturated rings. The van der Waals surface area contributed by atoms with Crippen LogP contribution in [0.3, 0.4) is 0 Å². The van der Waals surface area contributed by atoms with E-state index in [1.165, 1.54) is 6.92 Å². The molecule has 0 radical (unpaired) electrons. The maximum atomic E-state index is 10.8. The minimum Gasteiger partial charge on any atom is -0.394 e. The molecule has 15 heavy (non-hydrogen) atoms. The molecular formula is C8H16N2O5. The summed E-state index contributed by atoms with van der Waals surface area (Å²) in [4.78, 5) is 10.8. The topological polar surface area (TPSA) is 125 Å². The van der Waals surface area contributed by atoms with Gasteiger partial charge in [-0.3, -0.25) is 4.79 Å². The van der Waals surface area contributed by atoms with Gasteiger partial charge in [0.1, 0.15) is 6.10 Å².